The lowest BCUT2D eigenvalue weighted by Gasteiger charge is -2.53. The first kappa shape index (κ1) is 8.45. The van der Waals surface area contributed by atoms with Gasteiger partial charge in [0.1, 0.15) is 5.67 Å². The Bertz CT molecular complexity index is 169. The predicted octanol–water partition coefficient (Wildman–Crippen LogP) is 1.24. The topological polar surface area (TPSA) is 35.2 Å². The number of alkyl halides is 1. The van der Waals surface area contributed by atoms with E-state index >= 15 is 0 Å². The molecule has 0 atom stereocenters. The number of hydrogen-bond donors (Lipinski definition) is 1. The van der Waals surface area contributed by atoms with Crippen LogP contribution in [0.25, 0.3) is 0 Å². The number of hydrogen-bond acceptors (Lipinski definition) is 2. The van der Waals surface area contributed by atoms with Gasteiger partial charge in [-0.05, 0) is 31.1 Å². The Hall–Kier alpha value is -0.150. The van der Waals surface area contributed by atoms with Crippen LogP contribution >= 0.6 is 0 Å². The highest BCUT2D eigenvalue weighted by Gasteiger charge is 2.54. The fraction of sp³-hybridized carbons (Fsp3) is 1.00. The van der Waals surface area contributed by atoms with Gasteiger partial charge < -0.3 is 10.5 Å². The summed E-state index contributed by atoms with van der Waals surface area (Å²) in [7, 11) is 0. The van der Waals surface area contributed by atoms with Crippen LogP contribution in [0.15, 0.2) is 0 Å². The summed E-state index contributed by atoms with van der Waals surface area (Å²) in [6, 6.07) is 0. The van der Waals surface area contributed by atoms with E-state index in [4.69, 9.17) is 10.5 Å². The predicted molar refractivity (Wildman–Crippen MR) is 44.6 cm³/mol. The van der Waals surface area contributed by atoms with Gasteiger partial charge in [-0.15, -0.1) is 0 Å². The van der Waals surface area contributed by atoms with Crippen molar-refractivity contribution >= 4 is 0 Å². The molecule has 1 aliphatic heterocycles. The Balaban J connectivity index is 1.92. The molecule has 0 amide bonds. The Morgan fingerprint density at radius 3 is 2.33 bits per heavy atom. The molecule has 2 rings (SSSR count). The maximum absolute atomic E-state index is 13.5. The average Bonchev–Trinajstić information content (AvgIpc) is 2.04. The van der Waals surface area contributed by atoms with Gasteiger partial charge in [-0.2, -0.15) is 0 Å². The molecule has 0 radical (unpaired) electrons. The summed E-state index contributed by atoms with van der Waals surface area (Å²) in [5, 5.41) is 0. The highest BCUT2D eigenvalue weighted by Crippen LogP contribution is 2.55. The summed E-state index contributed by atoms with van der Waals surface area (Å²) in [5.74, 6) is 0. The van der Waals surface area contributed by atoms with Crippen molar-refractivity contribution in [1.29, 1.82) is 0 Å². The van der Waals surface area contributed by atoms with Crippen molar-refractivity contribution in [3.05, 3.63) is 0 Å². The van der Waals surface area contributed by atoms with Crippen LogP contribution in [0.1, 0.15) is 25.7 Å². The molecule has 2 aliphatic rings. The van der Waals surface area contributed by atoms with E-state index in [0.717, 1.165) is 26.1 Å². The molecule has 1 heterocycles. The number of nitrogens with two attached hydrogens (primary N) is 1. The van der Waals surface area contributed by atoms with Gasteiger partial charge in [0, 0.05) is 19.8 Å². The molecule has 1 saturated heterocycles. The van der Waals surface area contributed by atoms with Gasteiger partial charge in [0.05, 0.1) is 0 Å². The third-order valence-corrected chi connectivity index (χ3v) is 3.30. The van der Waals surface area contributed by atoms with Crippen LogP contribution in [0.4, 0.5) is 4.39 Å². The maximum atomic E-state index is 13.5. The molecule has 2 nitrogen and oxygen atoms in total. The van der Waals surface area contributed by atoms with Gasteiger partial charge in [0.15, 0.2) is 0 Å². The van der Waals surface area contributed by atoms with Crippen molar-refractivity contribution in [3.8, 4) is 0 Å². The summed E-state index contributed by atoms with van der Waals surface area (Å²) >= 11 is 0. The molecular formula is C9H16FNO. The third-order valence-electron chi connectivity index (χ3n) is 3.30. The molecule has 0 aromatic heterocycles. The molecule has 2 fully saturated rings. The van der Waals surface area contributed by atoms with Crippen LogP contribution in [0.5, 0.6) is 0 Å². The molecular weight excluding hydrogens is 157 g/mol. The molecule has 0 aromatic rings. The second kappa shape index (κ2) is 2.67. The minimum atomic E-state index is -1.04. The summed E-state index contributed by atoms with van der Waals surface area (Å²) in [6.07, 6.45) is 3.39. The molecule has 1 spiro atoms. The lowest BCUT2D eigenvalue weighted by molar-refractivity contribution is -0.117. The van der Waals surface area contributed by atoms with E-state index in [1.807, 2.05) is 0 Å². The van der Waals surface area contributed by atoms with E-state index in [9.17, 15) is 4.39 Å². The van der Waals surface area contributed by atoms with E-state index in [1.54, 1.807) is 0 Å². The fourth-order valence-electron chi connectivity index (χ4n) is 2.59. The molecule has 1 aliphatic carbocycles. The molecule has 2 N–H and O–H groups in total. The number of ether oxygens (including phenoxy) is 1. The van der Waals surface area contributed by atoms with Crippen LogP contribution in [0.2, 0.25) is 0 Å². The second-order valence-corrected chi connectivity index (χ2v) is 4.32. The summed E-state index contributed by atoms with van der Waals surface area (Å²) in [4.78, 5) is 0. The van der Waals surface area contributed by atoms with Crippen molar-refractivity contribution in [2.45, 2.75) is 31.4 Å². The van der Waals surface area contributed by atoms with E-state index < -0.39 is 5.67 Å². The molecule has 1 saturated carbocycles. The Morgan fingerprint density at radius 1 is 1.25 bits per heavy atom. The smallest absolute Gasteiger partial charge is 0.124 e. The minimum absolute atomic E-state index is 0.190. The molecule has 0 aromatic carbocycles. The van der Waals surface area contributed by atoms with E-state index in [-0.39, 0.29) is 12.0 Å². The maximum Gasteiger partial charge on any atom is 0.124 e. The zero-order valence-corrected chi connectivity index (χ0v) is 7.31. The van der Waals surface area contributed by atoms with Gasteiger partial charge in [0.2, 0.25) is 0 Å². The van der Waals surface area contributed by atoms with Crippen molar-refractivity contribution in [2.24, 2.45) is 11.1 Å². The van der Waals surface area contributed by atoms with E-state index in [0.29, 0.717) is 12.8 Å². The number of halogens is 1. The highest BCUT2D eigenvalue weighted by atomic mass is 19.1. The van der Waals surface area contributed by atoms with Crippen LogP contribution in [0, 0.1) is 5.41 Å². The number of rotatable bonds is 1. The van der Waals surface area contributed by atoms with Gasteiger partial charge in [-0.1, -0.05) is 0 Å². The van der Waals surface area contributed by atoms with E-state index in [2.05, 4.69) is 0 Å². The molecule has 12 heavy (non-hydrogen) atoms. The molecule has 0 bridgehead atoms. The lowest BCUT2D eigenvalue weighted by atomic mass is 9.56. The minimum Gasteiger partial charge on any atom is -0.381 e. The first-order valence-corrected chi connectivity index (χ1v) is 4.65. The Labute approximate surface area is 72.3 Å². The van der Waals surface area contributed by atoms with Crippen LogP contribution < -0.4 is 5.73 Å². The molecule has 70 valence electrons. The Morgan fingerprint density at radius 2 is 1.83 bits per heavy atom. The first-order chi connectivity index (χ1) is 5.68. The van der Waals surface area contributed by atoms with Crippen molar-refractivity contribution in [2.75, 3.05) is 19.8 Å². The second-order valence-electron chi connectivity index (χ2n) is 4.32. The van der Waals surface area contributed by atoms with Crippen LogP contribution in [0.3, 0.4) is 0 Å². The van der Waals surface area contributed by atoms with Crippen LogP contribution in [-0.4, -0.2) is 25.4 Å². The summed E-state index contributed by atoms with van der Waals surface area (Å²) < 4.78 is 18.7. The largest absolute Gasteiger partial charge is 0.381 e. The average molecular weight is 173 g/mol. The lowest BCUT2D eigenvalue weighted by Crippen LogP contribution is -2.55. The summed E-state index contributed by atoms with van der Waals surface area (Å²) in [6.45, 7) is 1.80. The quantitative estimate of drug-likeness (QED) is 0.647. The third kappa shape index (κ3) is 1.25. The van der Waals surface area contributed by atoms with Crippen molar-refractivity contribution in [1.82, 2.24) is 0 Å². The van der Waals surface area contributed by atoms with E-state index in [1.165, 1.54) is 0 Å². The van der Waals surface area contributed by atoms with Gasteiger partial charge in [-0.25, -0.2) is 4.39 Å². The monoisotopic (exact) mass is 173 g/mol. The molecule has 0 unspecified atom stereocenters. The fourth-order valence-corrected chi connectivity index (χ4v) is 2.59. The SMILES string of the molecule is NCC1(F)CC2(CCOCC2)C1. The van der Waals surface area contributed by atoms with Gasteiger partial charge in [0.25, 0.3) is 0 Å². The normalized spacial score (nSPS) is 31.5. The zero-order chi connectivity index (χ0) is 8.66. The molecule has 3 heteroatoms. The van der Waals surface area contributed by atoms with Crippen molar-refractivity contribution in [3.63, 3.8) is 0 Å². The van der Waals surface area contributed by atoms with Gasteiger partial charge in [-0.3, -0.25) is 0 Å². The van der Waals surface area contributed by atoms with Gasteiger partial charge >= 0.3 is 0 Å². The Kier molecular flexibility index (Phi) is 1.88. The highest BCUT2D eigenvalue weighted by molar-refractivity contribution is 5.05. The standard InChI is InChI=1S/C9H16FNO/c10-9(7-11)5-8(6-9)1-3-12-4-2-8/h1-7,11H2. The van der Waals surface area contributed by atoms with Crippen LogP contribution in [-0.2, 0) is 4.74 Å². The first-order valence-electron chi connectivity index (χ1n) is 4.65. The van der Waals surface area contributed by atoms with Crippen molar-refractivity contribution < 1.29 is 9.13 Å². The zero-order valence-electron chi connectivity index (χ0n) is 7.31. The summed E-state index contributed by atoms with van der Waals surface area (Å²) in [5.41, 5.74) is 4.56.